The molecule has 0 radical (unpaired) electrons. The van der Waals surface area contributed by atoms with Crippen LogP contribution >= 0.6 is 11.3 Å². The van der Waals surface area contributed by atoms with Crippen molar-refractivity contribution in [3.05, 3.63) is 81.2 Å². The minimum Gasteiger partial charge on any atom is -0.489 e. The molecule has 0 bridgehead atoms. The summed E-state index contributed by atoms with van der Waals surface area (Å²) in [6.07, 6.45) is 6.12. The van der Waals surface area contributed by atoms with E-state index in [0.717, 1.165) is 53.7 Å². The van der Waals surface area contributed by atoms with Crippen LogP contribution in [0.15, 0.2) is 53.6 Å². The van der Waals surface area contributed by atoms with Crippen LogP contribution in [0.1, 0.15) is 63.7 Å². The van der Waals surface area contributed by atoms with Crippen molar-refractivity contribution in [2.45, 2.75) is 52.6 Å². The minimum atomic E-state index is -0.933. The summed E-state index contributed by atoms with van der Waals surface area (Å²) in [6.45, 7) is 4.46. The third-order valence-electron chi connectivity index (χ3n) is 6.08. The van der Waals surface area contributed by atoms with E-state index in [2.05, 4.69) is 21.9 Å². The van der Waals surface area contributed by atoms with Crippen molar-refractivity contribution in [3.8, 4) is 5.75 Å². The molecule has 38 heavy (non-hydrogen) atoms. The summed E-state index contributed by atoms with van der Waals surface area (Å²) >= 11 is 1.34. The summed E-state index contributed by atoms with van der Waals surface area (Å²) in [5.41, 5.74) is 6.51. The molecular formula is C29H31N3O5S. The Morgan fingerprint density at radius 2 is 1.82 bits per heavy atom. The van der Waals surface area contributed by atoms with Crippen LogP contribution in [0.2, 0.25) is 0 Å². The maximum Gasteiger partial charge on any atom is 0.341 e. The van der Waals surface area contributed by atoms with E-state index in [1.165, 1.54) is 23.1 Å². The molecule has 1 aromatic heterocycles. The highest BCUT2D eigenvalue weighted by atomic mass is 32.1. The topological polar surface area (TPSA) is 106 Å². The predicted molar refractivity (Wildman–Crippen MR) is 148 cm³/mol. The molecule has 2 aromatic carbocycles. The van der Waals surface area contributed by atoms with Gasteiger partial charge in [0.25, 0.3) is 0 Å². The molecule has 0 unspecified atom stereocenters. The fourth-order valence-electron chi connectivity index (χ4n) is 4.24. The van der Waals surface area contributed by atoms with E-state index in [0.29, 0.717) is 22.9 Å². The molecule has 1 aliphatic carbocycles. The van der Waals surface area contributed by atoms with Crippen molar-refractivity contribution in [1.82, 2.24) is 5.43 Å². The van der Waals surface area contributed by atoms with Crippen LogP contribution in [0.25, 0.3) is 0 Å². The summed E-state index contributed by atoms with van der Waals surface area (Å²) < 4.78 is 11.0. The van der Waals surface area contributed by atoms with Crippen molar-refractivity contribution in [2.75, 3.05) is 11.9 Å². The summed E-state index contributed by atoms with van der Waals surface area (Å²) in [6, 6.07) is 15.3. The number of fused-ring (bicyclic) bond motifs is 1. The third kappa shape index (κ3) is 7.07. The van der Waals surface area contributed by atoms with Gasteiger partial charge in [0.15, 0.2) is 0 Å². The van der Waals surface area contributed by atoms with Crippen LogP contribution in [-0.4, -0.2) is 30.6 Å². The lowest BCUT2D eigenvalue weighted by Crippen LogP contribution is -2.32. The molecule has 198 valence electrons. The summed E-state index contributed by atoms with van der Waals surface area (Å²) in [7, 11) is 0. The molecule has 1 heterocycles. The number of thiophene rings is 1. The second-order valence-corrected chi connectivity index (χ2v) is 10.1. The largest absolute Gasteiger partial charge is 0.489 e. The van der Waals surface area contributed by atoms with Gasteiger partial charge in [-0.1, -0.05) is 36.2 Å². The predicted octanol–water partition coefficient (Wildman–Crippen LogP) is 5.17. The zero-order valence-corrected chi connectivity index (χ0v) is 22.4. The fourth-order valence-corrected chi connectivity index (χ4v) is 5.52. The van der Waals surface area contributed by atoms with Gasteiger partial charge in [0.1, 0.15) is 17.4 Å². The molecule has 0 aliphatic heterocycles. The Morgan fingerprint density at radius 3 is 2.58 bits per heavy atom. The number of hydrogen-bond donors (Lipinski definition) is 2. The van der Waals surface area contributed by atoms with Crippen LogP contribution in [0.4, 0.5) is 5.00 Å². The molecule has 9 heteroatoms. The zero-order chi connectivity index (χ0) is 26.9. The number of ether oxygens (including phenoxy) is 2. The monoisotopic (exact) mass is 533 g/mol. The van der Waals surface area contributed by atoms with Gasteiger partial charge in [-0.15, -0.1) is 11.3 Å². The number of anilines is 1. The van der Waals surface area contributed by atoms with Crippen LogP contribution < -0.4 is 15.5 Å². The second kappa shape index (κ2) is 13.0. The first-order valence-corrected chi connectivity index (χ1v) is 13.5. The van der Waals surface area contributed by atoms with E-state index >= 15 is 0 Å². The number of hydrogen-bond acceptors (Lipinski definition) is 7. The minimum absolute atomic E-state index is 0.228. The van der Waals surface area contributed by atoms with Crippen LogP contribution in [0.5, 0.6) is 5.75 Å². The first kappa shape index (κ1) is 27.1. The van der Waals surface area contributed by atoms with Crippen molar-refractivity contribution >= 4 is 40.3 Å². The van der Waals surface area contributed by atoms with E-state index in [-0.39, 0.29) is 6.61 Å². The highest BCUT2D eigenvalue weighted by Gasteiger charge is 2.27. The number of carbonyl (C=O) groups excluding carboxylic acids is 3. The lowest BCUT2D eigenvalue weighted by atomic mass is 10.1. The van der Waals surface area contributed by atoms with E-state index in [9.17, 15) is 14.4 Å². The highest BCUT2D eigenvalue weighted by molar-refractivity contribution is 7.17. The van der Waals surface area contributed by atoms with Gasteiger partial charge >= 0.3 is 17.8 Å². The lowest BCUT2D eigenvalue weighted by molar-refractivity contribution is -0.136. The molecule has 8 nitrogen and oxygen atoms in total. The Balaban J connectivity index is 1.33. The molecule has 4 rings (SSSR count). The lowest BCUT2D eigenvalue weighted by Gasteiger charge is -2.08. The van der Waals surface area contributed by atoms with Gasteiger partial charge < -0.3 is 14.8 Å². The Bertz CT molecular complexity index is 1330. The van der Waals surface area contributed by atoms with Crippen LogP contribution in [0, 0.1) is 6.92 Å². The quantitative estimate of drug-likeness (QED) is 0.137. The van der Waals surface area contributed by atoms with Gasteiger partial charge in [-0.05, 0) is 80.5 Å². The number of nitrogens with zero attached hydrogens (tertiary/aromatic N) is 1. The average molecular weight is 534 g/mol. The van der Waals surface area contributed by atoms with E-state index in [1.807, 2.05) is 37.3 Å². The van der Waals surface area contributed by atoms with Gasteiger partial charge in [0, 0.05) is 4.88 Å². The number of benzene rings is 2. The summed E-state index contributed by atoms with van der Waals surface area (Å²) in [4.78, 5) is 38.6. The molecule has 2 amide bonds. The Morgan fingerprint density at radius 1 is 1.03 bits per heavy atom. The molecule has 0 saturated carbocycles. The van der Waals surface area contributed by atoms with Gasteiger partial charge in [-0.25, -0.2) is 10.2 Å². The SMILES string of the molecule is CCOC(=O)c1c(NC(=O)C(=O)NN=Cc2ccc(OCc3cccc(C)c3)cc2)sc2c1CCCCC2. The normalized spacial score (nSPS) is 12.9. The highest BCUT2D eigenvalue weighted by Crippen LogP contribution is 2.38. The number of aryl methyl sites for hydroxylation is 2. The number of nitrogens with one attached hydrogen (secondary N) is 2. The molecule has 1 aliphatic rings. The van der Waals surface area contributed by atoms with Gasteiger partial charge in [-0.3, -0.25) is 9.59 Å². The third-order valence-corrected chi connectivity index (χ3v) is 7.29. The Kier molecular flexibility index (Phi) is 9.26. The molecule has 0 atom stereocenters. The number of rotatable bonds is 8. The maximum absolute atomic E-state index is 12.6. The summed E-state index contributed by atoms with van der Waals surface area (Å²) in [5, 5.41) is 6.83. The number of carbonyl (C=O) groups is 3. The molecular weight excluding hydrogens is 502 g/mol. The van der Waals surface area contributed by atoms with Crippen molar-refractivity contribution in [1.29, 1.82) is 0 Å². The van der Waals surface area contributed by atoms with Gasteiger partial charge in [-0.2, -0.15) is 5.10 Å². The number of esters is 1. The van der Waals surface area contributed by atoms with Crippen molar-refractivity contribution in [3.63, 3.8) is 0 Å². The van der Waals surface area contributed by atoms with E-state index < -0.39 is 17.8 Å². The van der Waals surface area contributed by atoms with Crippen LogP contribution in [0.3, 0.4) is 0 Å². The molecule has 2 N–H and O–H groups in total. The number of amides is 2. The number of hydrazone groups is 1. The molecule has 0 spiro atoms. The average Bonchev–Trinajstić information content (AvgIpc) is 3.08. The zero-order valence-electron chi connectivity index (χ0n) is 21.5. The first-order valence-electron chi connectivity index (χ1n) is 12.7. The van der Waals surface area contributed by atoms with Crippen LogP contribution in [-0.2, 0) is 33.8 Å². The second-order valence-electron chi connectivity index (χ2n) is 8.99. The summed E-state index contributed by atoms with van der Waals surface area (Å²) in [5.74, 6) is -1.60. The van der Waals surface area contributed by atoms with Crippen molar-refractivity contribution in [2.24, 2.45) is 5.10 Å². The molecule has 0 fully saturated rings. The van der Waals surface area contributed by atoms with Crippen molar-refractivity contribution < 1.29 is 23.9 Å². The molecule has 0 saturated heterocycles. The van der Waals surface area contributed by atoms with E-state index in [4.69, 9.17) is 9.47 Å². The first-order chi connectivity index (χ1) is 18.4. The van der Waals surface area contributed by atoms with Gasteiger partial charge in [0.2, 0.25) is 0 Å². The van der Waals surface area contributed by atoms with E-state index in [1.54, 1.807) is 19.1 Å². The fraction of sp³-hybridized carbons (Fsp3) is 0.310. The Hall–Kier alpha value is -3.98. The standard InChI is InChI=1S/C29H31N3O5S/c1-3-36-29(35)25-23-10-5-4-6-11-24(23)38-28(25)31-26(33)27(34)32-30-17-20-12-14-22(15-13-20)37-18-21-9-7-8-19(2)16-21/h7-9,12-17H,3-6,10-11,18H2,1-2H3,(H,31,33)(H,32,34). The van der Waals surface area contributed by atoms with Gasteiger partial charge in [0.05, 0.1) is 18.4 Å². The Labute approximate surface area is 226 Å². The maximum atomic E-state index is 12.6. The smallest absolute Gasteiger partial charge is 0.341 e. The molecule has 3 aromatic rings.